The van der Waals surface area contributed by atoms with Crippen LogP contribution < -0.4 is 5.73 Å². The molecule has 0 heterocycles. The van der Waals surface area contributed by atoms with Crippen LogP contribution in [-0.4, -0.2) is 63.8 Å². The first-order valence-corrected chi connectivity index (χ1v) is 15.2. The summed E-state index contributed by atoms with van der Waals surface area (Å²) in [4.78, 5) is 0. The minimum absolute atomic E-state index is 0.227. The molecule has 0 aliphatic carbocycles. The van der Waals surface area contributed by atoms with Gasteiger partial charge < -0.3 is 24.7 Å². The Morgan fingerprint density at radius 2 is 0.938 bits per heavy atom. The molecule has 0 saturated carbocycles. The third-order valence-electron chi connectivity index (χ3n) is 7.49. The minimum atomic E-state index is -0.652. The van der Waals surface area contributed by atoms with Gasteiger partial charge in [-0.1, -0.05) is 80.1 Å². The van der Waals surface area contributed by atoms with Crippen LogP contribution in [-0.2, 0) is 18.9 Å². The Morgan fingerprint density at radius 3 is 1.22 bits per heavy atom. The van der Waals surface area contributed by atoms with E-state index >= 15 is 0 Å². The first-order valence-electron chi connectivity index (χ1n) is 13.2. The molecule has 0 amide bonds. The Bertz CT molecular complexity index is 451. The average Bonchev–Trinajstić information content (AvgIpc) is 2.73. The van der Waals surface area contributed by atoms with Gasteiger partial charge in [-0.3, -0.25) is 0 Å². The van der Waals surface area contributed by atoms with Crippen molar-refractivity contribution in [2.75, 3.05) is 26.4 Å². The van der Waals surface area contributed by atoms with Crippen LogP contribution in [0.1, 0.15) is 107 Å². The van der Waals surface area contributed by atoms with Crippen molar-refractivity contribution in [3.8, 4) is 0 Å². The highest BCUT2D eigenvalue weighted by atomic mass is 28.2. The van der Waals surface area contributed by atoms with Gasteiger partial charge in [0.15, 0.2) is 0 Å². The molecule has 2 N–H and O–H groups in total. The summed E-state index contributed by atoms with van der Waals surface area (Å²) in [5.74, 6) is 0. The molecule has 32 heavy (non-hydrogen) atoms. The van der Waals surface area contributed by atoms with Gasteiger partial charge in [-0.15, -0.1) is 0 Å². The fraction of sp³-hybridized carbons (Fsp3) is 1.00. The van der Waals surface area contributed by atoms with E-state index in [-0.39, 0.29) is 6.04 Å². The van der Waals surface area contributed by atoms with E-state index in [4.69, 9.17) is 24.7 Å². The number of hydrogen-bond donors (Lipinski definition) is 1. The van der Waals surface area contributed by atoms with E-state index < -0.39 is 21.7 Å². The third kappa shape index (κ3) is 8.78. The summed E-state index contributed by atoms with van der Waals surface area (Å²) in [7, 11) is 1.47. The quantitative estimate of drug-likeness (QED) is 0.160. The molecule has 194 valence electrons. The SMILES string of the molecule is CCCCCCOC([SiH3])(OCC)C(C)(C)C(N)C(C)(C)C([SiH3])(OCC)OCCCCCC. The lowest BCUT2D eigenvalue weighted by molar-refractivity contribution is -0.277. The standard InChI is InChI=1S/C25H57NO4Si2/c1-9-13-15-17-19-29-24(31,27-11-3)22(5,6)21(26)23(7,8)25(32,28-12-4)30-20-18-16-14-10-2/h21H,9-20,26H2,1-8,31-32H3. The Morgan fingerprint density at radius 1 is 0.594 bits per heavy atom. The first kappa shape index (κ1) is 32.2. The monoisotopic (exact) mass is 491 g/mol. The maximum Gasteiger partial charge on any atom is 0.147 e. The van der Waals surface area contributed by atoms with Crippen LogP contribution in [0.2, 0.25) is 0 Å². The molecule has 2 unspecified atom stereocenters. The molecule has 0 aromatic heterocycles. The van der Waals surface area contributed by atoms with Gasteiger partial charge in [-0.05, 0) is 26.7 Å². The van der Waals surface area contributed by atoms with E-state index in [1.165, 1.54) is 38.5 Å². The normalized spacial score (nSPS) is 17.9. The molecule has 0 spiro atoms. The lowest BCUT2D eigenvalue weighted by Crippen LogP contribution is -2.68. The second kappa shape index (κ2) is 15.3. The highest BCUT2D eigenvalue weighted by molar-refractivity contribution is 6.14. The Kier molecular flexibility index (Phi) is 15.4. The van der Waals surface area contributed by atoms with Crippen molar-refractivity contribution >= 4 is 20.5 Å². The molecule has 5 nitrogen and oxygen atoms in total. The lowest BCUT2D eigenvalue weighted by Gasteiger charge is -2.56. The van der Waals surface area contributed by atoms with Crippen molar-refractivity contribution < 1.29 is 18.9 Å². The summed E-state index contributed by atoms with van der Waals surface area (Å²) in [6, 6.07) is -0.227. The fourth-order valence-electron chi connectivity index (χ4n) is 4.44. The highest BCUT2D eigenvalue weighted by Gasteiger charge is 2.57. The van der Waals surface area contributed by atoms with E-state index in [9.17, 15) is 0 Å². The third-order valence-corrected chi connectivity index (χ3v) is 11.2. The molecule has 0 saturated heterocycles. The van der Waals surface area contributed by atoms with Gasteiger partial charge in [0, 0.05) is 43.3 Å². The molecule has 0 rings (SSSR count). The van der Waals surface area contributed by atoms with Gasteiger partial charge in [0.05, 0.1) is 20.5 Å². The Labute approximate surface area is 206 Å². The van der Waals surface area contributed by atoms with Gasteiger partial charge in [-0.2, -0.15) is 0 Å². The molecule has 7 heteroatoms. The first-order chi connectivity index (χ1) is 14.9. The van der Waals surface area contributed by atoms with Crippen LogP contribution in [0.15, 0.2) is 0 Å². The zero-order valence-corrected chi connectivity index (χ0v) is 27.3. The van der Waals surface area contributed by atoms with Gasteiger partial charge in [0.1, 0.15) is 10.8 Å². The Balaban J connectivity index is 5.59. The van der Waals surface area contributed by atoms with Crippen molar-refractivity contribution in [3.05, 3.63) is 0 Å². The van der Waals surface area contributed by atoms with Crippen LogP contribution in [0.4, 0.5) is 0 Å². The van der Waals surface area contributed by atoms with Crippen LogP contribution in [0, 0.1) is 10.8 Å². The number of ether oxygens (including phenoxy) is 4. The predicted octanol–water partition coefficient (Wildman–Crippen LogP) is 3.67. The molecule has 0 aliphatic rings. The zero-order valence-electron chi connectivity index (χ0n) is 23.3. The van der Waals surface area contributed by atoms with E-state index in [1.807, 2.05) is 13.8 Å². The van der Waals surface area contributed by atoms with Crippen molar-refractivity contribution in [2.45, 2.75) is 124 Å². The van der Waals surface area contributed by atoms with Crippen molar-refractivity contribution in [3.63, 3.8) is 0 Å². The molecule has 0 aliphatic heterocycles. The van der Waals surface area contributed by atoms with Crippen molar-refractivity contribution in [2.24, 2.45) is 16.6 Å². The molecule has 0 radical (unpaired) electrons. The van der Waals surface area contributed by atoms with Gasteiger partial charge in [0.25, 0.3) is 0 Å². The minimum Gasteiger partial charge on any atom is -0.354 e. The van der Waals surface area contributed by atoms with Crippen LogP contribution in [0.25, 0.3) is 0 Å². The summed E-state index contributed by atoms with van der Waals surface area (Å²) in [6.07, 6.45) is 9.44. The fourth-order valence-corrected chi connectivity index (χ4v) is 6.04. The molecule has 2 atom stereocenters. The molecular weight excluding hydrogens is 434 g/mol. The van der Waals surface area contributed by atoms with E-state index in [2.05, 4.69) is 41.5 Å². The predicted molar refractivity (Wildman–Crippen MR) is 144 cm³/mol. The molecule has 0 fully saturated rings. The summed E-state index contributed by atoms with van der Waals surface area (Å²) in [5, 5.41) is 0. The average molecular weight is 492 g/mol. The summed E-state index contributed by atoms with van der Waals surface area (Å²) >= 11 is 0. The van der Waals surface area contributed by atoms with Crippen LogP contribution in [0.3, 0.4) is 0 Å². The molecule has 0 bridgehead atoms. The smallest absolute Gasteiger partial charge is 0.147 e. The molecule has 0 aromatic rings. The largest absolute Gasteiger partial charge is 0.354 e. The second-order valence-electron chi connectivity index (χ2n) is 10.5. The molecular formula is C25H57NO4Si2. The lowest BCUT2D eigenvalue weighted by atomic mass is 9.68. The maximum atomic E-state index is 7.09. The number of nitrogens with two attached hydrogens (primary N) is 1. The maximum absolute atomic E-state index is 7.09. The topological polar surface area (TPSA) is 62.9 Å². The second-order valence-corrected chi connectivity index (χ2v) is 13.1. The number of rotatable bonds is 20. The van der Waals surface area contributed by atoms with Gasteiger partial charge in [-0.25, -0.2) is 0 Å². The zero-order chi connectivity index (χ0) is 24.9. The Hall–Kier alpha value is 0.234. The van der Waals surface area contributed by atoms with Gasteiger partial charge >= 0.3 is 0 Å². The van der Waals surface area contributed by atoms with Crippen LogP contribution in [0.5, 0.6) is 0 Å². The van der Waals surface area contributed by atoms with E-state index in [1.54, 1.807) is 0 Å². The van der Waals surface area contributed by atoms with Crippen molar-refractivity contribution in [1.82, 2.24) is 0 Å². The van der Waals surface area contributed by atoms with E-state index in [0.717, 1.165) is 33.3 Å². The summed E-state index contributed by atoms with van der Waals surface area (Å²) < 4.78 is 25.6. The summed E-state index contributed by atoms with van der Waals surface area (Å²) in [6.45, 7) is 20.0. The number of unbranched alkanes of at least 4 members (excludes halogenated alkanes) is 6. The van der Waals surface area contributed by atoms with E-state index in [0.29, 0.717) is 26.4 Å². The van der Waals surface area contributed by atoms with Crippen molar-refractivity contribution in [1.29, 1.82) is 0 Å². The molecule has 0 aromatic carbocycles. The highest BCUT2D eigenvalue weighted by Crippen LogP contribution is 2.47. The summed E-state index contributed by atoms with van der Waals surface area (Å²) in [5.41, 5.74) is 4.98. The van der Waals surface area contributed by atoms with Crippen LogP contribution >= 0.6 is 0 Å². The van der Waals surface area contributed by atoms with Gasteiger partial charge in [0.2, 0.25) is 0 Å². The number of hydrogen-bond acceptors (Lipinski definition) is 5.